The van der Waals surface area contributed by atoms with Crippen LogP contribution in [0.1, 0.15) is 12.1 Å². The van der Waals surface area contributed by atoms with Crippen LogP contribution in [0, 0.1) is 0 Å². The molecule has 0 aliphatic carbocycles. The summed E-state index contributed by atoms with van der Waals surface area (Å²) in [6, 6.07) is 7.17. The number of carbonyl (C=O) groups excluding carboxylic acids is 1. The SMILES string of the molecule is O=C(C=Cc1cnc2ccccc2n1)NC1CCS(=O)(=O)C1. The summed E-state index contributed by atoms with van der Waals surface area (Å²) >= 11 is 0. The number of carbonyl (C=O) groups is 1. The van der Waals surface area contributed by atoms with Gasteiger partial charge in [0.25, 0.3) is 0 Å². The summed E-state index contributed by atoms with van der Waals surface area (Å²) in [5.74, 6) is -0.169. The number of sulfone groups is 1. The number of hydrogen-bond donors (Lipinski definition) is 1. The first-order valence-corrected chi connectivity index (χ1v) is 8.75. The molecule has 7 heteroatoms. The first-order chi connectivity index (χ1) is 10.5. The van der Waals surface area contributed by atoms with Crippen molar-refractivity contribution in [2.45, 2.75) is 12.5 Å². The van der Waals surface area contributed by atoms with Crippen molar-refractivity contribution in [2.24, 2.45) is 0 Å². The first-order valence-electron chi connectivity index (χ1n) is 6.93. The molecule has 0 radical (unpaired) electrons. The molecule has 2 heterocycles. The van der Waals surface area contributed by atoms with Crippen LogP contribution in [-0.2, 0) is 14.6 Å². The summed E-state index contributed by atoms with van der Waals surface area (Å²) in [6.07, 6.45) is 4.98. The number of nitrogens with one attached hydrogen (secondary N) is 1. The van der Waals surface area contributed by atoms with Gasteiger partial charge in [0.1, 0.15) is 0 Å². The second-order valence-corrected chi connectivity index (χ2v) is 7.45. The topological polar surface area (TPSA) is 89.0 Å². The van der Waals surface area contributed by atoms with E-state index < -0.39 is 9.84 Å². The van der Waals surface area contributed by atoms with Crippen LogP contribution in [0.25, 0.3) is 17.1 Å². The Balaban J connectivity index is 1.66. The van der Waals surface area contributed by atoms with Crippen LogP contribution in [0.2, 0.25) is 0 Å². The third-order valence-corrected chi connectivity index (χ3v) is 5.22. The van der Waals surface area contributed by atoms with Gasteiger partial charge in [-0.2, -0.15) is 0 Å². The summed E-state index contributed by atoms with van der Waals surface area (Å²) in [5, 5.41) is 2.69. The Morgan fingerprint density at radius 3 is 2.77 bits per heavy atom. The van der Waals surface area contributed by atoms with Crippen LogP contribution < -0.4 is 5.32 Å². The Morgan fingerprint density at radius 1 is 1.27 bits per heavy atom. The minimum absolute atomic E-state index is 0.0162. The lowest BCUT2D eigenvalue weighted by Gasteiger charge is -2.07. The van der Waals surface area contributed by atoms with Gasteiger partial charge in [-0.05, 0) is 24.6 Å². The highest BCUT2D eigenvalue weighted by molar-refractivity contribution is 7.91. The van der Waals surface area contributed by atoms with Crippen molar-refractivity contribution in [3.05, 3.63) is 42.2 Å². The van der Waals surface area contributed by atoms with E-state index in [4.69, 9.17) is 0 Å². The number of rotatable bonds is 3. The fourth-order valence-electron chi connectivity index (χ4n) is 2.37. The molecule has 1 fully saturated rings. The van der Waals surface area contributed by atoms with E-state index in [1.165, 1.54) is 6.08 Å². The van der Waals surface area contributed by atoms with Gasteiger partial charge in [-0.3, -0.25) is 9.78 Å². The number of nitrogens with zero attached hydrogens (tertiary/aromatic N) is 2. The number of benzene rings is 1. The molecule has 22 heavy (non-hydrogen) atoms. The lowest BCUT2D eigenvalue weighted by atomic mass is 10.2. The van der Waals surface area contributed by atoms with E-state index in [1.54, 1.807) is 12.3 Å². The highest BCUT2D eigenvalue weighted by Gasteiger charge is 2.28. The summed E-state index contributed by atoms with van der Waals surface area (Å²) in [7, 11) is -2.99. The number of hydrogen-bond acceptors (Lipinski definition) is 5. The van der Waals surface area contributed by atoms with Crippen LogP contribution in [0.15, 0.2) is 36.5 Å². The lowest BCUT2D eigenvalue weighted by Crippen LogP contribution is -2.34. The molecule has 1 N–H and O–H groups in total. The molecule has 1 saturated heterocycles. The van der Waals surface area contributed by atoms with Gasteiger partial charge in [0.2, 0.25) is 5.91 Å². The van der Waals surface area contributed by atoms with Gasteiger partial charge in [0.05, 0.1) is 34.4 Å². The molecule has 0 spiro atoms. The molecular weight excluding hydrogens is 302 g/mol. The quantitative estimate of drug-likeness (QED) is 0.851. The Labute approximate surface area is 128 Å². The van der Waals surface area contributed by atoms with E-state index in [-0.39, 0.29) is 23.5 Å². The van der Waals surface area contributed by atoms with E-state index in [1.807, 2.05) is 24.3 Å². The van der Waals surface area contributed by atoms with Crippen LogP contribution in [-0.4, -0.2) is 41.8 Å². The maximum absolute atomic E-state index is 11.8. The molecule has 1 unspecified atom stereocenters. The van der Waals surface area contributed by atoms with E-state index in [0.29, 0.717) is 12.1 Å². The molecule has 0 bridgehead atoms. The molecule has 3 rings (SSSR count). The zero-order valence-electron chi connectivity index (χ0n) is 11.8. The lowest BCUT2D eigenvalue weighted by molar-refractivity contribution is -0.116. The monoisotopic (exact) mass is 317 g/mol. The predicted molar refractivity (Wildman–Crippen MR) is 83.8 cm³/mol. The summed E-state index contributed by atoms with van der Waals surface area (Å²) in [5.41, 5.74) is 2.13. The molecule has 2 aromatic rings. The standard InChI is InChI=1S/C15H15N3O3S/c19-15(18-12-7-8-22(20,21)10-12)6-5-11-9-16-13-3-1-2-4-14(13)17-11/h1-6,9,12H,7-8,10H2,(H,18,19). The average molecular weight is 317 g/mol. The van der Waals surface area contributed by atoms with E-state index >= 15 is 0 Å². The number of amides is 1. The number of fused-ring (bicyclic) bond motifs is 1. The van der Waals surface area contributed by atoms with Gasteiger partial charge in [0.15, 0.2) is 9.84 Å². The van der Waals surface area contributed by atoms with Gasteiger partial charge in [0, 0.05) is 12.1 Å². The minimum Gasteiger partial charge on any atom is -0.349 e. The van der Waals surface area contributed by atoms with Gasteiger partial charge in [-0.25, -0.2) is 13.4 Å². The molecule has 1 aromatic carbocycles. The highest BCUT2D eigenvalue weighted by Crippen LogP contribution is 2.12. The largest absolute Gasteiger partial charge is 0.349 e. The van der Waals surface area contributed by atoms with Crippen LogP contribution in [0.4, 0.5) is 0 Å². The molecule has 1 atom stereocenters. The Bertz CT molecular complexity index is 846. The maximum Gasteiger partial charge on any atom is 0.244 e. The molecule has 0 saturated carbocycles. The number of aromatic nitrogens is 2. The van der Waals surface area contributed by atoms with Crippen LogP contribution in [0.5, 0.6) is 0 Å². The first kappa shape index (κ1) is 14.6. The van der Waals surface area contributed by atoms with Crippen molar-refractivity contribution in [1.29, 1.82) is 0 Å². The Kier molecular flexibility index (Phi) is 3.89. The Morgan fingerprint density at radius 2 is 2.05 bits per heavy atom. The fourth-order valence-corrected chi connectivity index (χ4v) is 4.04. The number of para-hydroxylation sites is 2. The second-order valence-electron chi connectivity index (χ2n) is 5.23. The zero-order valence-corrected chi connectivity index (χ0v) is 12.6. The normalized spacial score (nSPS) is 20.5. The third kappa shape index (κ3) is 3.48. The second kappa shape index (κ2) is 5.84. The molecule has 1 aliphatic heterocycles. The van der Waals surface area contributed by atoms with Crippen LogP contribution in [0.3, 0.4) is 0 Å². The molecule has 6 nitrogen and oxygen atoms in total. The predicted octanol–water partition coefficient (Wildman–Crippen LogP) is 0.946. The van der Waals surface area contributed by atoms with Gasteiger partial charge in [-0.1, -0.05) is 12.1 Å². The Hall–Kier alpha value is -2.28. The minimum atomic E-state index is -2.99. The zero-order chi connectivity index (χ0) is 15.6. The van der Waals surface area contributed by atoms with Crippen molar-refractivity contribution in [2.75, 3.05) is 11.5 Å². The van der Waals surface area contributed by atoms with Crippen LogP contribution >= 0.6 is 0 Å². The summed E-state index contributed by atoms with van der Waals surface area (Å²) in [4.78, 5) is 20.4. The van der Waals surface area contributed by atoms with Gasteiger partial charge in [-0.15, -0.1) is 0 Å². The van der Waals surface area contributed by atoms with E-state index in [2.05, 4.69) is 15.3 Å². The van der Waals surface area contributed by atoms with Crippen molar-refractivity contribution in [3.8, 4) is 0 Å². The molecule has 114 valence electrons. The maximum atomic E-state index is 11.8. The average Bonchev–Trinajstić information content (AvgIpc) is 2.84. The third-order valence-electron chi connectivity index (χ3n) is 3.45. The molecule has 1 aromatic heterocycles. The van der Waals surface area contributed by atoms with Gasteiger partial charge < -0.3 is 5.32 Å². The molecular formula is C15H15N3O3S. The highest BCUT2D eigenvalue weighted by atomic mass is 32.2. The fraction of sp³-hybridized carbons (Fsp3) is 0.267. The summed E-state index contributed by atoms with van der Waals surface area (Å²) in [6.45, 7) is 0. The van der Waals surface area contributed by atoms with E-state index in [0.717, 1.165) is 11.0 Å². The summed E-state index contributed by atoms with van der Waals surface area (Å²) < 4.78 is 22.7. The van der Waals surface area contributed by atoms with E-state index in [9.17, 15) is 13.2 Å². The van der Waals surface area contributed by atoms with Gasteiger partial charge >= 0.3 is 0 Å². The molecule has 1 aliphatic rings. The molecule has 1 amide bonds. The van der Waals surface area contributed by atoms with Crippen molar-refractivity contribution in [3.63, 3.8) is 0 Å². The van der Waals surface area contributed by atoms with Crippen molar-refractivity contribution >= 4 is 32.9 Å². The van der Waals surface area contributed by atoms with Crippen molar-refractivity contribution < 1.29 is 13.2 Å². The van der Waals surface area contributed by atoms with Crippen molar-refractivity contribution in [1.82, 2.24) is 15.3 Å². The smallest absolute Gasteiger partial charge is 0.244 e.